The van der Waals surface area contributed by atoms with Crippen molar-refractivity contribution >= 4 is 29.1 Å². The van der Waals surface area contributed by atoms with Gasteiger partial charge in [0.1, 0.15) is 5.60 Å². The lowest BCUT2D eigenvalue weighted by Crippen LogP contribution is -2.31. The molecule has 1 N–H and O–H groups in total. The highest BCUT2D eigenvalue weighted by Crippen LogP contribution is 2.11. The minimum Gasteiger partial charge on any atom is -0.461 e. The van der Waals surface area contributed by atoms with Crippen LogP contribution in [0, 0.1) is 0 Å². The molecule has 1 amide bonds. The molecule has 0 fully saturated rings. The first-order valence-corrected chi connectivity index (χ1v) is 6.99. The van der Waals surface area contributed by atoms with Crippen LogP contribution in [0.5, 0.6) is 0 Å². The van der Waals surface area contributed by atoms with E-state index in [2.05, 4.69) is 10.5 Å². The first-order valence-electron chi connectivity index (χ1n) is 6.11. The lowest BCUT2D eigenvalue weighted by molar-refractivity contribution is -0.134. The molecule has 0 spiro atoms. The molecule has 7 heteroatoms. The van der Waals surface area contributed by atoms with Crippen molar-refractivity contribution < 1.29 is 19.1 Å². The van der Waals surface area contributed by atoms with E-state index in [0.717, 1.165) is 0 Å². The highest BCUT2D eigenvalue weighted by Gasteiger charge is 2.19. The predicted molar refractivity (Wildman–Crippen MR) is 76.9 cm³/mol. The minimum atomic E-state index is -0.726. The smallest absolute Gasteiger partial charge is 0.428 e. The van der Waals surface area contributed by atoms with E-state index in [1.54, 1.807) is 45.2 Å². The molecule has 1 aromatic heterocycles. The first kappa shape index (κ1) is 16.2. The van der Waals surface area contributed by atoms with Crippen molar-refractivity contribution in [1.82, 2.24) is 5.43 Å². The molecule has 0 saturated heterocycles. The third kappa shape index (κ3) is 5.40. The van der Waals surface area contributed by atoms with Gasteiger partial charge in [0.05, 0.1) is 11.5 Å². The maximum absolute atomic E-state index is 11.8. The van der Waals surface area contributed by atoms with Crippen molar-refractivity contribution in [3.63, 3.8) is 0 Å². The lowest BCUT2D eigenvalue weighted by atomic mass is 10.2. The summed E-state index contributed by atoms with van der Waals surface area (Å²) in [6.45, 7) is 7.15. The van der Waals surface area contributed by atoms with Crippen molar-refractivity contribution in [2.45, 2.75) is 33.3 Å². The van der Waals surface area contributed by atoms with Gasteiger partial charge in [-0.3, -0.25) is 0 Å². The molecule has 20 heavy (non-hydrogen) atoms. The van der Waals surface area contributed by atoms with E-state index in [1.165, 1.54) is 11.3 Å². The Balaban J connectivity index is 2.81. The summed E-state index contributed by atoms with van der Waals surface area (Å²) in [6, 6.07) is 3.50. The fraction of sp³-hybridized carbons (Fsp3) is 0.462. The molecule has 0 aromatic carbocycles. The number of carbonyl (C=O) groups is 2. The minimum absolute atomic E-state index is 0.0488. The van der Waals surface area contributed by atoms with E-state index in [4.69, 9.17) is 9.47 Å². The van der Waals surface area contributed by atoms with Gasteiger partial charge >= 0.3 is 12.1 Å². The largest absolute Gasteiger partial charge is 0.461 e. The maximum atomic E-state index is 11.8. The van der Waals surface area contributed by atoms with Crippen LogP contribution in [-0.2, 0) is 14.3 Å². The third-order valence-electron chi connectivity index (χ3n) is 1.88. The van der Waals surface area contributed by atoms with Crippen LogP contribution >= 0.6 is 11.3 Å². The van der Waals surface area contributed by atoms with Gasteiger partial charge in [-0.15, -0.1) is 11.3 Å². The normalized spacial score (nSPS) is 11.9. The number of carbonyl (C=O) groups excluding carboxylic acids is 2. The third-order valence-corrected chi connectivity index (χ3v) is 2.76. The zero-order chi connectivity index (χ0) is 15.2. The first-order chi connectivity index (χ1) is 9.33. The average Bonchev–Trinajstić information content (AvgIpc) is 2.80. The van der Waals surface area contributed by atoms with E-state index >= 15 is 0 Å². The molecular weight excluding hydrogens is 280 g/mol. The number of hydrogen-bond donors (Lipinski definition) is 1. The fourth-order valence-corrected chi connectivity index (χ4v) is 1.92. The fourth-order valence-electron chi connectivity index (χ4n) is 1.22. The van der Waals surface area contributed by atoms with Gasteiger partial charge in [0.2, 0.25) is 0 Å². The van der Waals surface area contributed by atoms with E-state index in [-0.39, 0.29) is 12.3 Å². The van der Waals surface area contributed by atoms with Crippen LogP contribution in [0.2, 0.25) is 0 Å². The molecule has 0 bridgehead atoms. The van der Waals surface area contributed by atoms with Gasteiger partial charge in [0.25, 0.3) is 0 Å². The Morgan fingerprint density at radius 2 is 2.10 bits per heavy atom. The molecule has 6 nitrogen and oxygen atoms in total. The van der Waals surface area contributed by atoms with E-state index in [9.17, 15) is 9.59 Å². The Bertz CT molecular complexity index is 489. The number of esters is 1. The Labute approximate surface area is 121 Å². The number of amides is 1. The molecule has 0 aliphatic rings. The highest BCUT2D eigenvalue weighted by atomic mass is 32.1. The number of hydrazone groups is 1. The number of nitrogens with one attached hydrogen (secondary N) is 1. The molecule has 0 aliphatic carbocycles. The van der Waals surface area contributed by atoms with Crippen molar-refractivity contribution in [1.29, 1.82) is 0 Å². The van der Waals surface area contributed by atoms with E-state index < -0.39 is 17.7 Å². The predicted octanol–water partition coefficient (Wildman–Crippen LogP) is 2.54. The Morgan fingerprint density at radius 3 is 2.60 bits per heavy atom. The molecule has 0 saturated carbocycles. The summed E-state index contributed by atoms with van der Waals surface area (Å²) in [7, 11) is 0. The molecular formula is C13H18N2O4S. The van der Waals surface area contributed by atoms with Gasteiger partial charge in [-0.25, -0.2) is 15.0 Å². The van der Waals surface area contributed by atoms with Crippen molar-refractivity contribution in [3.05, 3.63) is 22.4 Å². The summed E-state index contributed by atoms with van der Waals surface area (Å²) in [5, 5.41) is 5.60. The summed E-state index contributed by atoms with van der Waals surface area (Å²) in [4.78, 5) is 23.9. The summed E-state index contributed by atoms with van der Waals surface area (Å²) in [5.41, 5.74) is 1.62. The zero-order valence-electron chi connectivity index (χ0n) is 11.9. The van der Waals surface area contributed by atoms with Crippen LogP contribution in [0.1, 0.15) is 32.6 Å². The van der Waals surface area contributed by atoms with Crippen LogP contribution in [0.4, 0.5) is 4.79 Å². The van der Waals surface area contributed by atoms with Crippen LogP contribution in [0.25, 0.3) is 0 Å². The summed E-state index contributed by atoms with van der Waals surface area (Å²) >= 11 is 1.33. The van der Waals surface area contributed by atoms with Crippen LogP contribution in [0.3, 0.4) is 0 Å². The number of rotatable bonds is 4. The van der Waals surface area contributed by atoms with Crippen molar-refractivity contribution in [2.75, 3.05) is 6.61 Å². The Hall–Kier alpha value is -1.89. The summed E-state index contributed by atoms with van der Waals surface area (Å²) in [6.07, 6.45) is -0.726. The second kappa shape index (κ2) is 7.04. The molecule has 1 rings (SSSR count). The monoisotopic (exact) mass is 298 g/mol. The van der Waals surface area contributed by atoms with Crippen LogP contribution in [-0.4, -0.2) is 30.0 Å². The SMILES string of the molecule is CCOC(=O)C(=NNC(=O)OC(C)(C)C)c1cccs1. The standard InChI is InChI=1S/C13H18N2O4S/c1-5-18-11(16)10(9-7-6-8-20-9)14-15-12(17)19-13(2,3)4/h6-8H,5H2,1-4H3,(H,15,17). The van der Waals surface area contributed by atoms with Crippen molar-refractivity contribution in [3.8, 4) is 0 Å². The molecule has 0 radical (unpaired) electrons. The molecule has 0 aliphatic heterocycles. The van der Waals surface area contributed by atoms with Gasteiger partial charge in [0, 0.05) is 0 Å². The van der Waals surface area contributed by atoms with Gasteiger partial charge in [-0.1, -0.05) is 6.07 Å². The quantitative estimate of drug-likeness (QED) is 0.526. The Kier molecular flexibility index (Phi) is 5.69. The zero-order valence-corrected chi connectivity index (χ0v) is 12.7. The highest BCUT2D eigenvalue weighted by molar-refractivity contribution is 7.13. The molecule has 0 unspecified atom stereocenters. The van der Waals surface area contributed by atoms with Crippen molar-refractivity contribution in [2.24, 2.45) is 5.10 Å². The molecule has 0 atom stereocenters. The van der Waals surface area contributed by atoms with Gasteiger partial charge in [0.15, 0.2) is 5.71 Å². The molecule has 1 heterocycles. The van der Waals surface area contributed by atoms with Crippen LogP contribution < -0.4 is 5.43 Å². The number of thiophene rings is 1. The lowest BCUT2D eigenvalue weighted by Gasteiger charge is -2.18. The number of ether oxygens (including phenoxy) is 2. The topological polar surface area (TPSA) is 77.0 Å². The van der Waals surface area contributed by atoms with E-state index in [0.29, 0.717) is 4.88 Å². The summed E-state index contributed by atoms with van der Waals surface area (Å²) < 4.78 is 9.95. The molecule has 1 aromatic rings. The van der Waals surface area contributed by atoms with E-state index in [1.807, 2.05) is 0 Å². The average molecular weight is 298 g/mol. The van der Waals surface area contributed by atoms with Gasteiger partial charge in [-0.2, -0.15) is 5.10 Å². The van der Waals surface area contributed by atoms with Gasteiger partial charge in [-0.05, 0) is 39.1 Å². The number of hydrogen-bond acceptors (Lipinski definition) is 6. The second-order valence-corrected chi connectivity index (χ2v) is 5.72. The molecule has 110 valence electrons. The number of nitrogens with zero attached hydrogens (tertiary/aromatic N) is 1. The maximum Gasteiger partial charge on any atom is 0.428 e. The van der Waals surface area contributed by atoms with Crippen LogP contribution in [0.15, 0.2) is 22.6 Å². The summed E-state index contributed by atoms with van der Waals surface area (Å²) in [5.74, 6) is -0.592. The second-order valence-electron chi connectivity index (χ2n) is 4.77. The van der Waals surface area contributed by atoms with Gasteiger partial charge < -0.3 is 9.47 Å². The Morgan fingerprint density at radius 1 is 1.40 bits per heavy atom.